The van der Waals surface area contributed by atoms with Gasteiger partial charge in [0.15, 0.2) is 5.78 Å². The average molecular weight is 300 g/mol. The van der Waals surface area contributed by atoms with Crippen molar-refractivity contribution in [1.29, 1.82) is 0 Å². The molecule has 0 aromatic carbocycles. The van der Waals surface area contributed by atoms with Crippen molar-refractivity contribution in [3.05, 3.63) is 24.3 Å². The Balaban J connectivity index is 1.84. The van der Waals surface area contributed by atoms with Gasteiger partial charge in [-0.3, -0.25) is 4.79 Å². The van der Waals surface area contributed by atoms with Crippen LogP contribution in [0.4, 0.5) is 0 Å². The van der Waals surface area contributed by atoms with Crippen molar-refractivity contribution in [1.82, 2.24) is 0 Å². The number of carbonyl (C=O) groups excluding carboxylic acids is 1. The van der Waals surface area contributed by atoms with E-state index in [1.54, 1.807) is 0 Å². The van der Waals surface area contributed by atoms with Crippen molar-refractivity contribution >= 4 is 5.78 Å². The van der Waals surface area contributed by atoms with Gasteiger partial charge in [-0.25, -0.2) is 0 Å². The molecular formula is C20H28O2. The molecule has 22 heavy (non-hydrogen) atoms. The van der Waals surface area contributed by atoms with Gasteiger partial charge in [-0.15, -0.1) is 6.58 Å². The fourth-order valence-electron chi connectivity index (χ4n) is 7.00. The van der Waals surface area contributed by atoms with E-state index in [2.05, 4.69) is 34.3 Å². The molecule has 2 nitrogen and oxygen atoms in total. The van der Waals surface area contributed by atoms with E-state index in [0.29, 0.717) is 11.7 Å². The Morgan fingerprint density at radius 2 is 1.91 bits per heavy atom. The molecule has 6 atom stereocenters. The highest BCUT2D eigenvalue weighted by Gasteiger charge is 2.81. The third kappa shape index (κ3) is 1.24. The van der Waals surface area contributed by atoms with E-state index in [4.69, 9.17) is 0 Å². The fraction of sp³-hybridized carbons (Fsp3) is 0.750. The van der Waals surface area contributed by atoms with Crippen LogP contribution in [0.25, 0.3) is 0 Å². The first-order valence-corrected chi connectivity index (χ1v) is 8.74. The summed E-state index contributed by atoms with van der Waals surface area (Å²) in [5, 5.41) is 10.5. The molecule has 0 amide bonds. The van der Waals surface area contributed by atoms with Crippen LogP contribution in [0.3, 0.4) is 0 Å². The Morgan fingerprint density at radius 1 is 1.23 bits per heavy atom. The zero-order chi connectivity index (χ0) is 16.1. The second kappa shape index (κ2) is 3.77. The number of fused-ring (bicyclic) bond motifs is 2. The molecular weight excluding hydrogens is 272 g/mol. The fourth-order valence-corrected chi connectivity index (χ4v) is 7.00. The van der Waals surface area contributed by atoms with Gasteiger partial charge >= 0.3 is 0 Å². The lowest BCUT2D eigenvalue weighted by Gasteiger charge is -2.59. The van der Waals surface area contributed by atoms with Crippen molar-refractivity contribution in [3.63, 3.8) is 0 Å². The van der Waals surface area contributed by atoms with Crippen molar-refractivity contribution in [2.45, 2.75) is 59.5 Å². The minimum atomic E-state index is -0.224. The molecule has 0 aromatic rings. The van der Waals surface area contributed by atoms with Gasteiger partial charge in [-0.2, -0.15) is 0 Å². The smallest absolute Gasteiger partial charge is 0.160 e. The largest absolute Gasteiger partial charge is 0.393 e. The van der Waals surface area contributed by atoms with Crippen LogP contribution in [-0.4, -0.2) is 17.0 Å². The van der Waals surface area contributed by atoms with E-state index in [-0.39, 0.29) is 33.7 Å². The molecule has 1 N–H and O–H groups in total. The molecule has 0 heterocycles. The molecule has 3 fully saturated rings. The maximum absolute atomic E-state index is 12.6. The Kier molecular flexibility index (Phi) is 2.52. The van der Waals surface area contributed by atoms with E-state index in [9.17, 15) is 9.90 Å². The van der Waals surface area contributed by atoms with Gasteiger partial charge in [0, 0.05) is 16.7 Å². The number of allylic oxidation sites excluding steroid dienone is 3. The second-order valence-corrected chi connectivity index (χ2v) is 9.24. The number of ketones is 1. The van der Waals surface area contributed by atoms with E-state index < -0.39 is 0 Å². The first-order valence-electron chi connectivity index (χ1n) is 8.74. The minimum absolute atomic E-state index is 0.0393. The van der Waals surface area contributed by atoms with Crippen molar-refractivity contribution in [3.8, 4) is 0 Å². The van der Waals surface area contributed by atoms with Crippen molar-refractivity contribution in [2.24, 2.45) is 33.5 Å². The van der Waals surface area contributed by atoms with Gasteiger partial charge in [0.2, 0.25) is 0 Å². The van der Waals surface area contributed by atoms with Crippen molar-refractivity contribution in [2.75, 3.05) is 0 Å². The van der Waals surface area contributed by atoms with Crippen LogP contribution < -0.4 is 0 Å². The third-order valence-electron chi connectivity index (χ3n) is 8.35. The highest BCUT2D eigenvalue weighted by atomic mass is 16.3. The predicted octanol–water partition coefficient (Wildman–Crippen LogP) is 3.90. The summed E-state index contributed by atoms with van der Waals surface area (Å²) in [6.07, 6.45) is 7.84. The van der Waals surface area contributed by atoms with Crippen LogP contribution in [0.2, 0.25) is 0 Å². The van der Waals surface area contributed by atoms with E-state index in [0.717, 1.165) is 25.7 Å². The summed E-state index contributed by atoms with van der Waals surface area (Å²) in [4.78, 5) is 12.6. The molecule has 0 bridgehead atoms. The van der Waals surface area contributed by atoms with Crippen LogP contribution in [0.5, 0.6) is 0 Å². The Hall–Kier alpha value is -0.890. The topological polar surface area (TPSA) is 37.3 Å². The normalized spacial score (nSPS) is 54.9. The van der Waals surface area contributed by atoms with Crippen LogP contribution >= 0.6 is 0 Å². The van der Waals surface area contributed by atoms with Crippen LogP contribution in [0.15, 0.2) is 24.3 Å². The number of carbonyl (C=O) groups is 1. The van der Waals surface area contributed by atoms with Gasteiger partial charge in [0.25, 0.3) is 0 Å². The summed E-state index contributed by atoms with van der Waals surface area (Å²) in [5.74, 6) is 0.922. The number of aliphatic hydroxyl groups is 1. The molecule has 1 spiro atoms. The Labute approximate surface area is 133 Å². The van der Waals surface area contributed by atoms with Gasteiger partial charge in [0.1, 0.15) is 0 Å². The summed E-state index contributed by atoms with van der Waals surface area (Å²) < 4.78 is 0. The zero-order valence-electron chi connectivity index (χ0n) is 14.3. The number of hydrogen-bond donors (Lipinski definition) is 1. The number of rotatable bonds is 1. The molecule has 4 aliphatic rings. The average Bonchev–Trinajstić information content (AvgIpc) is 2.80. The highest BCUT2D eigenvalue weighted by molar-refractivity contribution is 6.02. The van der Waals surface area contributed by atoms with E-state index in [1.807, 2.05) is 12.2 Å². The molecule has 0 aromatic heterocycles. The summed E-state index contributed by atoms with van der Waals surface area (Å²) in [6.45, 7) is 13.1. The first-order chi connectivity index (χ1) is 10.2. The van der Waals surface area contributed by atoms with E-state index >= 15 is 0 Å². The van der Waals surface area contributed by atoms with E-state index in [1.165, 1.54) is 5.57 Å². The lowest BCUT2D eigenvalue weighted by Crippen LogP contribution is -2.54. The molecule has 2 heteroatoms. The SMILES string of the molecule is C=C[C@]1(C)[C@H]2C(=O)C=C3[C@]4(C)CC[C@@H](O)C(C)(C)[C@H]4CC[C@@]321. The number of hydrogen-bond acceptors (Lipinski definition) is 2. The lowest BCUT2D eigenvalue weighted by molar-refractivity contribution is -0.116. The molecule has 0 saturated heterocycles. The van der Waals surface area contributed by atoms with Gasteiger partial charge < -0.3 is 5.11 Å². The minimum Gasteiger partial charge on any atom is -0.393 e. The summed E-state index contributed by atoms with van der Waals surface area (Å²) >= 11 is 0. The molecule has 0 aliphatic heterocycles. The van der Waals surface area contributed by atoms with Gasteiger partial charge in [-0.1, -0.05) is 39.3 Å². The number of aliphatic hydroxyl groups excluding tert-OH is 1. The standard InChI is InChI=1S/C20H28O2/c1-6-19(5)16-12(21)11-14-18(4)9-8-15(22)17(2,3)13(18)7-10-20(14,16)19/h6,11,13,15-16,22H,1,7-10H2,2-5H3/t13-,15-,16-,18-,19-,20-/m1/s1. The monoisotopic (exact) mass is 300 g/mol. The lowest BCUT2D eigenvalue weighted by atomic mass is 9.46. The summed E-state index contributed by atoms with van der Waals surface area (Å²) in [6, 6.07) is 0. The van der Waals surface area contributed by atoms with Crippen LogP contribution in [0, 0.1) is 33.5 Å². The maximum Gasteiger partial charge on any atom is 0.160 e. The second-order valence-electron chi connectivity index (χ2n) is 9.24. The predicted molar refractivity (Wildman–Crippen MR) is 87.2 cm³/mol. The molecule has 4 rings (SSSR count). The van der Waals surface area contributed by atoms with Crippen LogP contribution in [-0.2, 0) is 4.79 Å². The molecule has 3 saturated carbocycles. The first kappa shape index (κ1) is 14.7. The van der Waals surface area contributed by atoms with Gasteiger partial charge in [-0.05, 0) is 48.5 Å². The quantitative estimate of drug-likeness (QED) is 0.746. The highest BCUT2D eigenvalue weighted by Crippen LogP contribution is 2.84. The molecule has 0 unspecified atom stereocenters. The Morgan fingerprint density at radius 3 is 2.50 bits per heavy atom. The molecule has 120 valence electrons. The summed E-state index contributed by atoms with van der Waals surface area (Å²) in [5.41, 5.74) is 1.40. The Bertz CT molecular complexity index is 615. The third-order valence-corrected chi connectivity index (χ3v) is 8.35. The van der Waals surface area contributed by atoms with Gasteiger partial charge in [0.05, 0.1) is 6.10 Å². The van der Waals surface area contributed by atoms with Crippen LogP contribution in [0.1, 0.15) is 53.4 Å². The summed E-state index contributed by atoms with van der Waals surface area (Å²) in [7, 11) is 0. The maximum atomic E-state index is 12.6. The molecule has 4 aliphatic carbocycles. The molecule has 0 radical (unpaired) electrons. The zero-order valence-corrected chi connectivity index (χ0v) is 14.3. The van der Waals surface area contributed by atoms with Crippen molar-refractivity contribution < 1.29 is 9.90 Å².